The van der Waals surface area contributed by atoms with Crippen LogP contribution in [0.5, 0.6) is 5.75 Å². The molecule has 0 radical (unpaired) electrons. The minimum absolute atomic E-state index is 0.102. The molecule has 0 heterocycles. The first-order chi connectivity index (χ1) is 9.43. The lowest BCUT2D eigenvalue weighted by molar-refractivity contribution is -0.143. The number of hydrogen-bond acceptors (Lipinski definition) is 4. The molecule has 0 fully saturated rings. The summed E-state index contributed by atoms with van der Waals surface area (Å²) in [5.41, 5.74) is 1.06. The number of halogens is 1. The van der Waals surface area contributed by atoms with Crippen molar-refractivity contribution in [1.82, 2.24) is 5.32 Å². The quantitative estimate of drug-likeness (QED) is 0.779. The van der Waals surface area contributed by atoms with Crippen molar-refractivity contribution in [3.05, 3.63) is 28.2 Å². The number of carbonyl (C=O) groups excluding carboxylic acids is 1. The maximum Gasteiger partial charge on any atom is 0.328 e. The third-order valence-electron chi connectivity index (χ3n) is 2.41. The van der Waals surface area contributed by atoms with Gasteiger partial charge in [0.15, 0.2) is 12.6 Å². The van der Waals surface area contributed by atoms with Gasteiger partial charge in [-0.15, -0.1) is 0 Å². The summed E-state index contributed by atoms with van der Waals surface area (Å²) < 4.78 is 10.8. The van der Waals surface area contributed by atoms with Gasteiger partial charge in [0.2, 0.25) is 0 Å². The van der Waals surface area contributed by atoms with E-state index in [1.165, 1.54) is 7.11 Å². The van der Waals surface area contributed by atoms with Crippen molar-refractivity contribution in [2.45, 2.75) is 13.0 Å². The second-order valence-electron chi connectivity index (χ2n) is 4.14. The van der Waals surface area contributed by atoms with Crippen LogP contribution in [0, 0.1) is 6.92 Å². The molecule has 0 aromatic heterocycles. The van der Waals surface area contributed by atoms with Gasteiger partial charge in [0.25, 0.3) is 5.91 Å². The van der Waals surface area contributed by atoms with Crippen LogP contribution in [0.25, 0.3) is 0 Å². The molecule has 20 heavy (non-hydrogen) atoms. The van der Waals surface area contributed by atoms with Gasteiger partial charge in [0.1, 0.15) is 5.75 Å². The fourth-order valence-corrected chi connectivity index (χ4v) is 2.05. The van der Waals surface area contributed by atoms with E-state index < -0.39 is 17.9 Å². The smallest absolute Gasteiger partial charge is 0.328 e. The lowest BCUT2D eigenvalue weighted by Gasteiger charge is -2.14. The molecule has 0 aliphatic carbocycles. The zero-order valence-corrected chi connectivity index (χ0v) is 12.8. The second-order valence-corrected chi connectivity index (χ2v) is 4.99. The number of rotatable bonds is 7. The molecule has 7 heteroatoms. The molecule has 0 bridgehead atoms. The molecule has 1 atom stereocenters. The van der Waals surface area contributed by atoms with E-state index in [9.17, 15) is 9.59 Å². The molecule has 1 aromatic carbocycles. The van der Waals surface area contributed by atoms with E-state index >= 15 is 0 Å². The van der Waals surface area contributed by atoms with Gasteiger partial charge < -0.3 is 19.9 Å². The molecule has 6 nitrogen and oxygen atoms in total. The summed E-state index contributed by atoms with van der Waals surface area (Å²) in [4.78, 5) is 22.5. The van der Waals surface area contributed by atoms with Gasteiger partial charge in [-0.25, -0.2) is 4.79 Å². The summed E-state index contributed by atoms with van der Waals surface area (Å²) in [6, 6.07) is 4.36. The Morgan fingerprint density at radius 3 is 2.70 bits per heavy atom. The maximum absolute atomic E-state index is 11.6. The van der Waals surface area contributed by atoms with Gasteiger partial charge in [0.05, 0.1) is 11.1 Å². The topological polar surface area (TPSA) is 84.9 Å². The van der Waals surface area contributed by atoms with Gasteiger partial charge in [-0.05, 0) is 40.5 Å². The van der Waals surface area contributed by atoms with Gasteiger partial charge in [-0.3, -0.25) is 4.79 Å². The minimum atomic E-state index is -1.16. The van der Waals surface area contributed by atoms with Crippen molar-refractivity contribution in [1.29, 1.82) is 0 Å². The van der Waals surface area contributed by atoms with Gasteiger partial charge in [-0.2, -0.15) is 0 Å². The van der Waals surface area contributed by atoms with Crippen LogP contribution in [0.2, 0.25) is 0 Å². The highest BCUT2D eigenvalue weighted by Crippen LogP contribution is 2.25. The monoisotopic (exact) mass is 345 g/mol. The lowest BCUT2D eigenvalue weighted by atomic mass is 10.2. The number of aryl methyl sites for hydroxylation is 1. The Hall–Kier alpha value is -1.60. The Balaban J connectivity index is 2.52. The Morgan fingerprint density at radius 2 is 2.15 bits per heavy atom. The number of ether oxygens (including phenoxy) is 2. The molecule has 0 saturated heterocycles. The zero-order valence-electron chi connectivity index (χ0n) is 11.2. The van der Waals surface area contributed by atoms with Crippen LogP contribution in [0.1, 0.15) is 5.56 Å². The van der Waals surface area contributed by atoms with Crippen LogP contribution in [0.4, 0.5) is 0 Å². The third-order valence-corrected chi connectivity index (χ3v) is 3.03. The van der Waals surface area contributed by atoms with E-state index in [-0.39, 0.29) is 13.2 Å². The average molecular weight is 346 g/mol. The predicted molar refractivity (Wildman–Crippen MR) is 75.8 cm³/mol. The van der Waals surface area contributed by atoms with Crippen LogP contribution in [0.3, 0.4) is 0 Å². The lowest BCUT2D eigenvalue weighted by Crippen LogP contribution is -2.45. The molecule has 1 unspecified atom stereocenters. The number of carbonyl (C=O) groups is 2. The fourth-order valence-electron chi connectivity index (χ4n) is 1.44. The standard InChI is InChI=1S/C13H16BrNO5/c1-8-3-4-11(9(14)5-8)20-7-12(16)15-10(6-19-2)13(17)18/h3-5,10H,6-7H2,1-2H3,(H,15,16)(H,17,18). The Kier molecular flexibility index (Phi) is 6.47. The zero-order chi connectivity index (χ0) is 15.1. The summed E-state index contributed by atoms with van der Waals surface area (Å²) in [5.74, 6) is -1.16. The highest BCUT2D eigenvalue weighted by atomic mass is 79.9. The third kappa shape index (κ3) is 5.18. The average Bonchev–Trinajstić information content (AvgIpc) is 2.37. The SMILES string of the molecule is COCC(NC(=O)COc1ccc(C)cc1Br)C(=O)O. The van der Waals surface area contributed by atoms with Gasteiger partial charge >= 0.3 is 5.97 Å². The highest BCUT2D eigenvalue weighted by Gasteiger charge is 2.19. The fraction of sp³-hybridized carbons (Fsp3) is 0.385. The summed E-state index contributed by atoms with van der Waals surface area (Å²) in [5, 5.41) is 11.2. The van der Waals surface area contributed by atoms with Crippen LogP contribution >= 0.6 is 15.9 Å². The number of methoxy groups -OCH3 is 1. The first-order valence-electron chi connectivity index (χ1n) is 5.84. The summed E-state index contributed by atoms with van der Waals surface area (Å²) >= 11 is 3.33. The second kappa shape index (κ2) is 7.86. The molecule has 1 aromatic rings. The Morgan fingerprint density at radius 1 is 1.45 bits per heavy atom. The van der Waals surface area contributed by atoms with Crippen molar-refractivity contribution in [2.24, 2.45) is 0 Å². The summed E-state index contributed by atoms with van der Waals surface area (Å²) in [6.45, 7) is 1.56. The molecule has 0 saturated carbocycles. The van der Waals surface area contributed by atoms with Crippen LogP contribution < -0.4 is 10.1 Å². The number of nitrogens with one attached hydrogen (secondary N) is 1. The maximum atomic E-state index is 11.6. The minimum Gasteiger partial charge on any atom is -0.483 e. The van der Waals surface area contributed by atoms with E-state index in [2.05, 4.69) is 21.2 Å². The normalized spacial score (nSPS) is 11.8. The number of carboxylic acid groups (broad SMARTS) is 1. The van der Waals surface area contributed by atoms with Crippen molar-refractivity contribution in [3.8, 4) is 5.75 Å². The summed E-state index contributed by atoms with van der Waals surface area (Å²) in [7, 11) is 1.36. The molecule has 1 rings (SSSR count). The van der Waals surface area contributed by atoms with Crippen LogP contribution in [-0.2, 0) is 14.3 Å². The largest absolute Gasteiger partial charge is 0.483 e. The number of amides is 1. The van der Waals surface area contributed by atoms with Gasteiger partial charge in [0, 0.05) is 7.11 Å². The van der Waals surface area contributed by atoms with Crippen molar-refractivity contribution in [3.63, 3.8) is 0 Å². The van der Waals surface area contributed by atoms with Crippen LogP contribution in [0.15, 0.2) is 22.7 Å². The van der Waals surface area contributed by atoms with Crippen LogP contribution in [-0.4, -0.2) is 43.3 Å². The predicted octanol–water partition coefficient (Wildman–Crippen LogP) is 1.35. The molecular formula is C13H16BrNO5. The Bertz CT molecular complexity index is 492. The van der Waals surface area contributed by atoms with Crippen molar-refractivity contribution >= 4 is 27.8 Å². The van der Waals surface area contributed by atoms with E-state index in [4.69, 9.17) is 14.6 Å². The van der Waals surface area contributed by atoms with Crippen molar-refractivity contribution in [2.75, 3.05) is 20.3 Å². The van der Waals surface area contributed by atoms with Crippen molar-refractivity contribution < 1.29 is 24.2 Å². The molecule has 2 N–H and O–H groups in total. The molecule has 110 valence electrons. The first kappa shape index (κ1) is 16.5. The number of hydrogen-bond donors (Lipinski definition) is 2. The van der Waals surface area contributed by atoms with E-state index in [0.717, 1.165) is 10.0 Å². The van der Waals surface area contributed by atoms with Gasteiger partial charge in [-0.1, -0.05) is 6.07 Å². The number of aliphatic carboxylic acids is 1. The van der Waals surface area contributed by atoms with E-state index in [0.29, 0.717) is 5.75 Å². The number of benzene rings is 1. The molecular weight excluding hydrogens is 330 g/mol. The molecule has 1 amide bonds. The molecule has 0 spiro atoms. The summed E-state index contributed by atoms with van der Waals surface area (Å²) in [6.07, 6.45) is 0. The highest BCUT2D eigenvalue weighted by molar-refractivity contribution is 9.10. The molecule has 0 aliphatic rings. The Labute approximate surface area is 125 Å². The molecule has 0 aliphatic heterocycles. The van der Waals surface area contributed by atoms with E-state index in [1.807, 2.05) is 19.1 Å². The number of carboxylic acids is 1. The van der Waals surface area contributed by atoms with E-state index in [1.54, 1.807) is 6.07 Å². The first-order valence-corrected chi connectivity index (χ1v) is 6.63.